The molecular formula is C21H23ClN2O5S. The van der Waals surface area contributed by atoms with E-state index in [1.165, 1.54) is 37.4 Å². The van der Waals surface area contributed by atoms with E-state index in [-0.39, 0.29) is 39.0 Å². The van der Waals surface area contributed by atoms with Crippen LogP contribution in [0.1, 0.15) is 28.8 Å². The van der Waals surface area contributed by atoms with Crippen LogP contribution in [-0.2, 0) is 19.6 Å². The first-order valence-corrected chi connectivity index (χ1v) is 11.3. The molecule has 1 saturated heterocycles. The fraction of sp³-hybridized carbons (Fsp3) is 0.333. The van der Waals surface area contributed by atoms with Crippen LogP contribution in [-0.4, -0.2) is 45.4 Å². The van der Waals surface area contributed by atoms with Gasteiger partial charge < -0.3 is 9.64 Å². The van der Waals surface area contributed by atoms with Crippen LogP contribution in [0.2, 0.25) is 5.02 Å². The number of nitrogens with zero attached hydrogens (tertiary/aromatic N) is 1. The maximum absolute atomic E-state index is 12.9. The van der Waals surface area contributed by atoms with Crippen molar-refractivity contribution in [3.63, 3.8) is 0 Å². The molecule has 7 nitrogen and oxygen atoms in total. The Hall–Kier alpha value is -2.58. The molecule has 9 heteroatoms. The summed E-state index contributed by atoms with van der Waals surface area (Å²) in [6, 6.07) is 10.9. The number of hydrogen-bond donors (Lipinski definition) is 1. The van der Waals surface area contributed by atoms with Crippen molar-refractivity contribution in [1.29, 1.82) is 0 Å². The molecule has 1 fully saturated rings. The van der Waals surface area contributed by atoms with Crippen molar-refractivity contribution < 1.29 is 22.7 Å². The summed E-state index contributed by atoms with van der Waals surface area (Å²) in [4.78, 5) is 26.3. The molecule has 0 atom stereocenters. The standard InChI is InChI=1S/C21H23ClN2O5S/c1-14-3-6-17(7-4-14)30(27,28)23-16-5-8-19(22)18(13-16)20(25)24-11-9-15(10-12-24)21(26)29-2/h3-8,13,15,23H,9-12H2,1-2H3. The van der Waals surface area contributed by atoms with Crippen molar-refractivity contribution in [2.24, 2.45) is 5.92 Å². The highest BCUT2D eigenvalue weighted by Crippen LogP contribution is 2.26. The van der Waals surface area contributed by atoms with Crippen molar-refractivity contribution in [3.05, 3.63) is 58.6 Å². The third-order valence-corrected chi connectivity index (χ3v) is 6.82. The normalized spacial score (nSPS) is 15.0. The van der Waals surface area contributed by atoms with Crippen molar-refractivity contribution in [2.75, 3.05) is 24.9 Å². The monoisotopic (exact) mass is 450 g/mol. The Morgan fingerprint density at radius 2 is 1.73 bits per heavy atom. The minimum atomic E-state index is -3.80. The van der Waals surface area contributed by atoms with E-state index in [1.807, 2.05) is 6.92 Å². The Labute approximate surface area is 181 Å². The molecule has 0 radical (unpaired) electrons. The molecule has 1 aliphatic rings. The third kappa shape index (κ3) is 4.94. The van der Waals surface area contributed by atoms with Crippen molar-refractivity contribution in [3.8, 4) is 0 Å². The smallest absolute Gasteiger partial charge is 0.308 e. The molecule has 2 aromatic rings. The van der Waals surface area contributed by atoms with Gasteiger partial charge in [0.2, 0.25) is 0 Å². The van der Waals surface area contributed by atoms with Crippen LogP contribution >= 0.6 is 11.6 Å². The van der Waals surface area contributed by atoms with Gasteiger partial charge in [-0.3, -0.25) is 14.3 Å². The summed E-state index contributed by atoms with van der Waals surface area (Å²) in [5, 5.41) is 0.230. The van der Waals surface area contributed by atoms with E-state index in [2.05, 4.69) is 4.72 Å². The average Bonchev–Trinajstić information content (AvgIpc) is 2.74. The molecule has 1 heterocycles. The van der Waals surface area contributed by atoms with Crippen LogP contribution in [0.5, 0.6) is 0 Å². The Morgan fingerprint density at radius 3 is 2.33 bits per heavy atom. The van der Waals surface area contributed by atoms with Gasteiger partial charge >= 0.3 is 5.97 Å². The highest BCUT2D eigenvalue weighted by molar-refractivity contribution is 7.92. The van der Waals surface area contributed by atoms with E-state index in [0.717, 1.165) is 5.56 Å². The van der Waals surface area contributed by atoms with E-state index >= 15 is 0 Å². The Morgan fingerprint density at radius 1 is 1.10 bits per heavy atom. The molecule has 1 aliphatic heterocycles. The number of sulfonamides is 1. The number of amides is 1. The SMILES string of the molecule is COC(=O)C1CCN(C(=O)c2cc(NS(=O)(=O)c3ccc(C)cc3)ccc2Cl)CC1. The van der Waals surface area contributed by atoms with Gasteiger partial charge in [-0.2, -0.15) is 0 Å². The van der Waals surface area contributed by atoms with Gasteiger partial charge in [0.25, 0.3) is 15.9 Å². The van der Waals surface area contributed by atoms with Gasteiger partial charge in [-0.15, -0.1) is 0 Å². The fourth-order valence-electron chi connectivity index (χ4n) is 3.34. The van der Waals surface area contributed by atoms with E-state index < -0.39 is 10.0 Å². The molecule has 0 bridgehead atoms. The summed E-state index contributed by atoms with van der Waals surface area (Å²) in [7, 11) is -2.45. The first-order chi connectivity index (χ1) is 14.2. The molecular weight excluding hydrogens is 428 g/mol. The zero-order chi connectivity index (χ0) is 21.9. The summed E-state index contributed by atoms with van der Waals surface area (Å²) in [5.41, 5.74) is 1.40. The number of piperidine rings is 1. The second-order valence-electron chi connectivity index (χ2n) is 7.20. The lowest BCUT2D eigenvalue weighted by Crippen LogP contribution is -2.40. The van der Waals surface area contributed by atoms with Gasteiger partial charge in [0.05, 0.1) is 28.5 Å². The van der Waals surface area contributed by atoms with Gasteiger partial charge in [-0.25, -0.2) is 8.42 Å². The van der Waals surface area contributed by atoms with Gasteiger partial charge in [-0.1, -0.05) is 29.3 Å². The van der Waals surface area contributed by atoms with Crippen LogP contribution in [0.3, 0.4) is 0 Å². The predicted molar refractivity (Wildman–Crippen MR) is 114 cm³/mol. The van der Waals surface area contributed by atoms with Crippen LogP contribution in [0.25, 0.3) is 0 Å². The zero-order valence-electron chi connectivity index (χ0n) is 16.7. The van der Waals surface area contributed by atoms with Gasteiger partial charge in [0, 0.05) is 18.8 Å². The molecule has 3 rings (SSSR count). The number of ether oxygens (including phenoxy) is 1. The topological polar surface area (TPSA) is 92.8 Å². The number of aryl methyl sites for hydroxylation is 1. The van der Waals surface area contributed by atoms with Crippen LogP contribution in [0, 0.1) is 12.8 Å². The predicted octanol–water partition coefficient (Wildman–Crippen LogP) is 3.47. The minimum absolute atomic E-state index is 0.126. The summed E-state index contributed by atoms with van der Waals surface area (Å²) in [6.07, 6.45) is 1.02. The first kappa shape index (κ1) is 22.1. The fourth-order valence-corrected chi connectivity index (χ4v) is 4.59. The molecule has 0 aromatic heterocycles. The van der Waals surface area contributed by atoms with Crippen LogP contribution < -0.4 is 4.72 Å². The third-order valence-electron chi connectivity index (χ3n) is 5.10. The molecule has 0 saturated carbocycles. The number of likely N-dealkylation sites (tertiary alicyclic amines) is 1. The number of benzene rings is 2. The lowest BCUT2D eigenvalue weighted by atomic mass is 9.96. The minimum Gasteiger partial charge on any atom is -0.469 e. The number of esters is 1. The second-order valence-corrected chi connectivity index (χ2v) is 9.29. The molecule has 0 aliphatic carbocycles. The van der Waals surface area contributed by atoms with Gasteiger partial charge in [0.1, 0.15) is 0 Å². The number of rotatable bonds is 5. The molecule has 160 valence electrons. The zero-order valence-corrected chi connectivity index (χ0v) is 18.3. The number of halogens is 1. The van der Waals surface area contributed by atoms with Crippen molar-refractivity contribution >= 4 is 39.2 Å². The van der Waals surface area contributed by atoms with Crippen molar-refractivity contribution in [2.45, 2.75) is 24.7 Å². The average molecular weight is 451 g/mol. The van der Waals surface area contributed by atoms with Gasteiger partial charge in [0.15, 0.2) is 0 Å². The number of hydrogen-bond acceptors (Lipinski definition) is 5. The highest BCUT2D eigenvalue weighted by atomic mass is 35.5. The number of methoxy groups -OCH3 is 1. The maximum atomic E-state index is 12.9. The molecule has 1 N–H and O–H groups in total. The first-order valence-electron chi connectivity index (χ1n) is 9.47. The summed E-state index contributed by atoms with van der Waals surface area (Å²) >= 11 is 6.22. The summed E-state index contributed by atoms with van der Waals surface area (Å²) in [6.45, 7) is 2.66. The molecule has 0 spiro atoms. The lowest BCUT2D eigenvalue weighted by molar-refractivity contribution is -0.146. The molecule has 0 unspecified atom stereocenters. The Kier molecular flexibility index (Phi) is 6.67. The van der Waals surface area contributed by atoms with E-state index in [4.69, 9.17) is 16.3 Å². The van der Waals surface area contributed by atoms with E-state index in [1.54, 1.807) is 17.0 Å². The van der Waals surface area contributed by atoms with Crippen LogP contribution in [0.4, 0.5) is 5.69 Å². The summed E-state index contributed by atoms with van der Waals surface area (Å²) in [5.74, 6) is -0.797. The number of anilines is 1. The second kappa shape index (κ2) is 9.06. The highest BCUT2D eigenvalue weighted by Gasteiger charge is 2.29. The quantitative estimate of drug-likeness (QED) is 0.704. The Bertz CT molecular complexity index is 1050. The van der Waals surface area contributed by atoms with E-state index in [0.29, 0.717) is 25.9 Å². The Balaban J connectivity index is 1.76. The van der Waals surface area contributed by atoms with Crippen LogP contribution in [0.15, 0.2) is 47.4 Å². The number of carbonyl (C=O) groups excluding carboxylic acids is 2. The molecule has 30 heavy (non-hydrogen) atoms. The number of nitrogens with one attached hydrogen (secondary N) is 1. The van der Waals surface area contributed by atoms with Crippen molar-refractivity contribution in [1.82, 2.24) is 4.90 Å². The molecule has 1 amide bonds. The maximum Gasteiger partial charge on any atom is 0.308 e. The van der Waals surface area contributed by atoms with Gasteiger partial charge in [-0.05, 0) is 50.1 Å². The number of carbonyl (C=O) groups is 2. The lowest BCUT2D eigenvalue weighted by Gasteiger charge is -2.31. The molecule has 2 aromatic carbocycles. The largest absolute Gasteiger partial charge is 0.469 e. The summed E-state index contributed by atoms with van der Waals surface area (Å²) < 4.78 is 32.5. The van der Waals surface area contributed by atoms with E-state index in [9.17, 15) is 18.0 Å².